The lowest BCUT2D eigenvalue weighted by Gasteiger charge is -2.18. The van der Waals surface area contributed by atoms with Gasteiger partial charge in [0.1, 0.15) is 22.7 Å². The second-order valence-corrected chi connectivity index (χ2v) is 7.21. The Labute approximate surface area is 175 Å². The van der Waals surface area contributed by atoms with Crippen LogP contribution in [0.1, 0.15) is 5.56 Å². The Kier molecular flexibility index (Phi) is 5.59. The fraction of sp³-hybridized carbons (Fsp3) is 0.208. The third-order valence-electron chi connectivity index (χ3n) is 5.01. The van der Waals surface area contributed by atoms with Gasteiger partial charge in [-0.1, -0.05) is 24.3 Å². The summed E-state index contributed by atoms with van der Waals surface area (Å²) in [6, 6.07) is 19.2. The summed E-state index contributed by atoms with van der Waals surface area (Å²) in [5.41, 5.74) is 3.37. The predicted octanol–water partition coefficient (Wildman–Crippen LogP) is 4.67. The van der Waals surface area contributed by atoms with E-state index in [1.165, 1.54) is 0 Å². The van der Waals surface area contributed by atoms with Crippen LogP contribution in [0.15, 0.2) is 65.1 Å². The zero-order valence-electron chi connectivity index (χ0n) is 17.3. The smallest absolute Gasteiger partial charge is 0.238 e. The molecule has 0 unspecified atom stereocenters. The van der Waals surface area contributed by atoms with Gasteiger partial charge in [0.2, 0.25) is 5.91 Å². The first-order valence-electron chi connectivity index (χ1n) is 9.68. The van der Waals surface area contributed by atoms with Crippen LogP contribution in [-0.2, 0) is 11.3 Å². The summed E-state index contributed by atoms with van der Waals surface area (Å²) < 4.78 is 16.5. The molecule has 0 aliphatic heterocycles. The van der Waals surface area contributed by atoms with E-state index in [0.29, 0.717) is 6.54 Å². The molecule has 0 aliphatic carbocycles. The fourth-order valence-electron chi connectivity index (χ4n) is 3.58. The molecule has 0 saturated heterocycles. The van der Waals surface area contributed by atoms with E-state index in [9.17, 15) is 4.79 Å². The molecule has 154 valence electrons. The Morgan fingerprint density at radius 3 is 2.57 bits per heavy atom. The number of likely N-dealkylation sites (N-methyl/N-ethyl adjacent to an activating group) is 1. The van der Waals surface area contributed by atoms with Crippen molar-refractivity contribution in [1.29, 1.82) is 0 Å². The molecule has 1 amide bonds. The molecule has 1 heterocycles. The molecule has 4 rings (SSSR count). The van der Waals surface area contributed by atoms with Gasteiger partial charge in [-0.05, 0) is 37.4 Å². The SMILES string of the molecule is COc1ccc(CN(C)CC(=O)Nc2ccc3oc4ccccc4c3c2)c(OC)c1. The summed E-state index contributed by atoms with van der Waals surface area (Å²) in [6.45, 7) is 0.825. The highest BCUT2D eigenvalue weighted by Crippen LogP contribution is 2.30. The number of carbonyl (C=O) groups excluding carboxylic acids is 1. The summed E-state index contributed by atoms with van der Waals surface area (Å²) in [6.07, 6.45) is 0. The zero-order chi connectivity index (χ0) is 21.1. The topological polar surface area (TPSA) is 63.9 Å². The first-order chi connectivity index (χ1) is 14.6. The summed E-state index contributed by atoms with van der Waals surface area (Å²) in [7, 11) is 5.14. The van der Waals surface area contributed by atoms with Crippen LogP contribution >= 0.6 is 0 Å². The zero-order valence-corrected chi connectivity index (χ0v) is 17.3. The molecule has 1 N–H and O–H groups in total. The van der Waals surface area contributed by atoms with Gasteiger partial charge in [-0.3, -0.25) is 9.69 Å². The van der Waals surface area contributed by atoms with Crippen molar-refractivity contribution in [2.75, 3.05) is 33.1 Å². The Morgan fingerprint density at radius 2 is 1.77 bits per heavy atom. The first kappa shape index (κ1) is 19.8. The van der Waals surface area contributed by atoms with Crippen molar-refractivity contribution in [2.24, 2.45) is 0 Å². The number of carbonyl (C=O) groups is 1. The third kappa shape index (κ3) is 4.09. The molecule has 30 heavy (non-hydrogen) atoms. The van der Waals surface area contributed by atoms with Crippen LogP contribution in [-0.4, -0.2) is 38.6 Å². The van der Waals surface area contributed by atoms with Crippen LogP contribution in [0.3, 0.4) is 0 Å². The molecule has 0 radical (unpaired) electrons. The monoisotopic (exact) mass is 404 g/mol. The number of hydrogen-bond donors (Lipinski definition) is 1. The molecular weight excluding hydrogens is 380 g/mol. The molecular formula is C24H24N2O4. The average molecular weight is 404 g/mol. The van der Waals surface area contributed by atoms with Gasteiger partial charge < -0.3 is 19.2 Å². The number of ether oxygens (including phenoxy) is 2. The lowest BCUT2D eigenvalue weighted by Crippen LogP contribution is -2.29. The molecule has 0 fully saturated rings. The van der Waals surface area contributed by atoms with Gasteiger partial charge in [0.05, 0.1) is 20.8 Å². The van der Waals surface area contributed by atoms with Gasteiger partial charge in [0.25, 0.3) is 0 Å². The number of anilines is 1. The van der Waals surface area contributed by atoms with Gasteiger partial charge in [0, 0.05) is 34.6 Å². The average Bonchev–Trinajstić information content (AvgIpc) is 3.12. The fourth-order valence-corrected chi connectivity index (χ4v) is 3.58. The maximum Gasteiger partial charge on any atom is 0.238 e. The van der Waals surface area contributed by atoms with Crippen molar-refractivity contribution >= 4 is 33.5 Å². The van der Waals surface area contributed by atoms with Crippen molar-refractivity contribution in [3.63, 3.8) is 0 Å². The normalized spacial score (nSPS) is 11.2. The van der Waals surface area contributed by atoms with E-state index in [1.807, 2.05) is 72.6 Å². The highest BCUT2D eigenvalue weighted by atomic mass is 16.5. The standard InChI is InChI=1S/C24H24N2O4/c1-26(14-16-8-10-18(28-2)13-23(16)29-3)15-24(27)25-17-9-11-22-20(12-17)19-6-4-5-7-21(19)30-22/h4-13H,14-15H2,1-3H3,(H,25,27). The van der Waals surface area contributed by atoms with Gasteiger partial charge in [0.15, 0.2) is 0 Å². The second-order valence-electron chi connectivity index (χ2n) is 7.21. The Bertz CT molecular complexity index is 1200. The summed E-state index contributed by atoms with van der Waals surface area (Å²) >= 11 is 0. The predicted molar refractivity (Wildman–Crippen MR) is 118 cm³/mol. The molecule has 4 aromatic rings. The van der Waals surface area contributed by atoms with Gasteiger partial charge >= 0.3 is 0 Å². The lowest BCUT2D eigenvalue weighted by atomic mass is 10.1. The number of hydrogen-bond acceptors (Lipinski definition) is 5. The number of nitrogens with zero attached hydrogens (tertiary/aromatic N) is 1. The highest BCUT2D eigenvalue weighted by Gasteiger charge is 2.13. The molecule has 3 aromatic carbocycles. The summed E-state index contributed by atoms with van der Waals surface area (Å²) in [5.74, 6) is 1.38. The number of nitrogens with one attached hydrogen (secondary N) is 1. The van der Waals surface area contributed by atoms with E-state index in [0.717, 1.165) is 44.7 Å². The minimum atomic E-state index is -0.0860. The van der Waals surface area contributed by atoms with E-state index < -0.39 is 0 Å². The number of furan rings is 1. The quantitative estimate of drug-likeness (QED) is 0.485. The second kappa shape index (κ2) is 8.47. The van der Waals surface area contributed by atoms with Crippen LogP contribution in [0.4, 0.5) is 5.69 Å². The first-order valence-corrected chi connectivity index (χ1v) is 9.68. The molecule has 0 aliphatic rings. The number of benzene rings is 3. The van der Waals surface area contributed by atoms with Crippen LogP contribution in [0.2, 0.25) is 0 Å². The largest absolute Gasteiger partial charge is 0.497 e. The minimum Gasteiger partial charge on any atom is -0.497 e. The summed E-state index contributed by atoms with van der Waals surface area (Å²) in [4.78, 5) is 14.5. The Morgan fingerprint density at radius 1 is 0.967 bits per heavy atom. The number of para-hydroxylation sites is 1. The van der Waals surface area contributed by atoms with Crippen molar-refractivity contribution in [2.45, 2.75) is 6.54 Å². The van der Waals surface area contributed by atoms with Crippen LogP contribution in [0.25, 0.3) is 21.9 Å². The number of methoxy groups -OCH3 is 2. The highest BCUT2D eigenvalue weighted by molar-refractivity contribution is 6.07. The number of amides is 1. The summed E-state index contributed by atoms with van der Waals surface area (Å²) in [5, 5.41) is 5.00. The van der Waals surface area contributed by atoms with Gasteiger partial charge in [-0.2, -0.15) is 0 Å². The van der Waals surface area contributed by atoms with E-state index >= 15 is 0 Å². The molecule has 0 bridgehead atoms. The molecule has 0 spiro atoms. The molecule has 6 nitrogen and oxygen atoms in total. The van der Waals surface area contributed by atoms with E-state index in [-0.39, 0.29) is 12.5 Å². The van der Waals surface area contributed by atoms with E-state index in [2.05, 4.69) is 5.32 Å². The van der Waals surface area contributed by atoms with Crippen molar-refractivity contribution < 1.29 is 18.7 Å². The molecule has 6 heteroatoms. The van der Waals surface area contributed by atoms with Crippen molar-refractivity contribution in [1.82, 2.24) is 4.90 Å². The van der Waals surface area contributed by atoms with E-state index in [4.69, 9.17) is 13.9 Å². The van der Waals surface area contributed by atoms with E-state index in [1.54, 1.807) is 14.2 Å². The number of fused-ring (bicyclic) bond motifs is 3. The maximum absolute atomic E-state index is 12.6. The van der Waals surface area contributed by atoms with Gasteiger partial charge in [-0.25, -0.2) is 0 Å². The Hall–Kier alpha value is -3.51. The number of rotatable bonds is 7. The van der Waals surface area contributed by atoms with Crippen molar-refractivity contribution in [3.8, 4) is 11.5 Å². The minimum absolute atomic E-state index is 0.0860. The molecule has 0 saturated carbocycles. The third-order valence-corrected chi connectivity index (χ3v) is 5.01. The maximum atomic E-state index is 12.6. The van der Waals surface area contributed by atoms with Gasteiger partial charge in [-0.15, -0.1) is 0 Å². The van der Waals surface area contributed by atoms with Crippen LogP contribution < -0.4 is 14.8 Å². The Balaban J connectivity index is 1.43. The molecule has 0 atom stereocenters. The van der Waals surface area contributed by atoms with Crippen LogP contribution in [0, 0.1) is 0 Å². The van der Waals surface area contributed by atoms with Crippen molar-refractivity contribution in [3.05, 3.63) is 66.2 Å². The molecule has 1 aromatic heterocycles. The lowest BCUT2D eigenvalue weighted by molar-refractivity contribution is -0.117. The van der Waals surface area contributed by atoms with Crippen LogP contribution in [0.5, 0.6) is 11.5 Å².